The van der Waals surface area contributed by atoms with E-state index in [9.17, 15) is 0 Å². The van der Waals surface area contributed by atoms with Crippen molar-refractivity contribution in [2.24, 2.45) is 17.3 Å². The molecule has 0 spiro atoms. The predicted octanol–water partition coefficient (Wildman–Crippen LogP) is 4.17. The van der Waals surface area contributed by atoms with Gasteiger partial charge in [0.1, 0.15) is 5.82 Å². The van der Waals surface area contributed by atoms with E-state index in [-0.39, 0.29) is 0 Å². The lowest BCUT2D eigenvalue weighted by Crippen LogP contribution is -2.34. The van der Waals surface area contributed by atoms with Crippen molar-refractivity contribution in [3.8, 4) is 0 Å². The molecule has 118 valence electrons. The van der Waals surface area contributed by atoms with Crippen LogP contribution in [0.5, 0.6) is 0 Å². The van der Waals surface area contributed by atoms with Gasteiger partial charge in [0.2, 0.25) is 0 Å². The first-order valence-corrected chi connectivity index (χ1v) is 8.37. The number of hydrogen-bond acceptors (Lipinski definition) is 3. The molecule has 1 aromatic rings. The smallest absolute Gasteiger partial charge is 0.128 e. The summed E-state index contributed by atoms with van der Waals surface area (Å²) in [6.07, 6.45) is 7.01. The van der Waals surface area contributed by atoms with E-state index in [1.807, 2.05) is 6.07 Å². The Kier molecular flexibility index (Phi) is 5.26. The van der Waals surface area contributed by atoms with Crippen LogP contribution in [0.1, 0.15) is 65.0 Å². The number of nitrogens with zero attached hydrogens (tertiary/aromatic N) is 1. The van der Waals surface area contributed by atoms with E-state index in [0.717, 1.165) is 12.5 Å². The highest BCUT2D eigenvalue weighted by atomic mass is 14.9. The van der Waals surface area contributed by atoms with Crippen LogP contribution in [0.2, 0.25) is 0 Å². The van der Waals surface area contributed by atoms with Gasteiger partial charge in [-0.2, -0.15) is 0 Å². The number of nitrogens with two attached hydrogens (primary N) is 1. The summed E-state index contributed by atoms with van der Waals surface area (Å²) >= 11 is 0. The van der Waals surface area contributed by atoms with Crippen molar-refractivity contribution < 1.29 is 0 Å². The summed E-state index contributed by atoms with van der Waals surface area (Å²) in [6.45, 7) is 10.3. The van der Waals surface area contributed by atoms with Crippen LogP contribution in [0.3, 0.4) is 0 Å². The maximum Gasteiger partial charge on any atom is 0.128 e. The first kappa shape index (κ1) is 16.3. The zero-order valence-electron chi connectivity index (χ0n) is 14.0. The van der Waals surface area contributed by atoms with Gasteiger partial charge in [-0.15, -0.1) is 0 Å². The van der Waals surface area contributed by atoms with Gasteiger partial charge < -0.3 is 11.1 Å². The normalized spacial score (nSPS) is 24.8. The third kappa shape index (κ3) is 3.97. The number of aromatic nitrogens is 1. The van der Waals surface area contributed by atoms with Crippen LogP contribution < -0.4 is 11.1 Å². The van der Waals surface area contributed by atoms with E-state index < -0.39 is 0 Å². The fourth-order valence-corrected chi connectivity index (χ4v) is 3.76. The molecule has 0 saturated heterocycles. The Morgan fingerprint density at radius 1 is 1.29 bits per heavy atom. The molecular weight excluding hydrogens is 258 g/mol. The summed E-state index contributed by atoms with van der Waals surface area (Å²) in [5.41, 5.74) is 7.72. The standard InChI is InChI=1S/C18H31N3/c1-5-20-16(15-7-6-12-21-17(15)19)13-8-10-14(11-9-13)18(2,3)4/h6-7,12-14,16,20H,5,8-11H2,1-4H3,(H2,19,21). The molecule has 1 aliphatic carbocycles. The monoisotopic (exact) mass is 289 g/mol. The second-order valence-electron chi connectivity index (χ2n) is 7.49. The van der Waals surface area contributed by atoms with Crippen molar-refractivity contribution in [2.75, 3.05) is 12.3 Å². The highest BCUT2D eigenvalue weighted by molar-refractivity contribution is 5.41. The van der Waals surface area contributed by atoms with Crippen LogP contribution in [-0.4, -0.2) is 11.5 Å². The minimum Gasteiger partial charge on any atom is -0.383 e. The summed E-state index contributed by atoms with van der Waals surface area (Å²) in [6, 6.07) is 4.48. The lowest BCUT2D eigenvalue weighted by molar-refractivity contribution is 0.133. The zero-order chi connectivity index (χ0) is 15.5. The highest BCUT2D eigenvalue weighted by Gasteiger charge is 2.33. The number of rotatable bonds is 4. The number of nitrogen functional groups attached to an aromatic ring is 1. The second-order valence-corrected chi connectivity index (χ2v) is 7.49. The summed E-state index contributed by atoms with van der Waals surface area (Å²) in [5, 5.41) is 3.64. The molecular formula is C18H31N3. The molecule has 1 atom stereocenters. The second kappa shape index (κ2) is 6.78. The van der Waals surface area contributed by atoms with Gasteiger partial charge >= 0.3 is 0 Å². The van der Waals surface area contributed by atoms with E-state index in [2.05, 4.69) is 44.1 Å². The van der Waals surface area contributed by atoms with Gasteiger partial charge in [-0.3, -0.25) is 0 Å². The van der Waals surface area contributed by atoms with Gasteiger partial charge in [-0.25, -0.2) is 4.98 Å². The molecule has 1 heterocycles. The zero-order valence-corrected chi connectivity index (χ0v) is 14.0. The first-order valence-electron chi connectivity index (χ1n) is 8.37. The van der Waals surface area contributed by atoms with Crippen LogP contribution in [0, 0.1) is 17.3 Å². The van der Waals surface area contributed by atoms with Crippen molar-refractivity contribution >= 4 is 5.82 Å². The minimum atomic E-state index is 0.351. The number of pyridine rings is 1. The van der Waals surface area contributed by atoms with Crippen LogP contribution in [-0.2, 0) is 0 Å². The predicted molar refractivity (Wildman–Crippen MR) is 90.0 cm³/mol. The molecule has 2 rings (SSSR count). The summed E-state index contributed by atoms with van der Waals surface area (Å²) in [4.78, 5) is 4.27. The summed E-state index contributed by atoms with van der Waals surface area (Å²) in [7, 11) is 0. The van der Waals surface area contributed by atoms with Gasteiger partial charge in [0.15, 0.2) is 0 Å². The van der Waals surface area contributed by atoms with Crippen molar-refractivity contribution in [1.29, 1.82) is 0 Å². The Morgan fingerprint density at radius 2 is 1.95 bits per heavy atom. The molecule has 1 saturated carbocycles. The Morgan fingerprint density at radius 3 is 2.48 bits per heavy atom. The van der Waals surface area contributed by atoms with E-state index >= 15 is 0 Å². The molecule has 1 aromatic heterocycles. The van der Waals surface area contributed by atoms with E-state index in [4.69, 9.17) is 5.73 Å². The van der Waals surface area contributed by atoms with Gasteiger partial charge in [0.25, 0.3) is 0 Å². The van der Waals surface area contributed by atoms with Crippen LogP contribution in [0.15, 0.2) is 18.3 Å². The topological polar surface area (TPSA) is 50.9 Å². The van der Waals surface area contributed by atoms with E-state index in [1.54, 1.807) is 6.20 Å². The SMILES string of the molecule is CCNC(c1cccnc1N)C1CCC(C(C)(C)C)CC1. The first-order chi connectivity index (χ1) is 9.93. The molecule has 0 amide bonds. The molecule has 0 bridgehead atoms. The van der Waals surface area contributed by atoms with Crippen molar-refractivity contribution in [3.05, 3.63) is 23.9 Å². The lowest BCUT2D eigenvalue weighted by Gasteiger charge is -2.40. The van der Waals surface area contributed by atoms with Crippen molar-refractivity contribution in [1.82, 2.24) is 10.3 Å². The minimum absolute atomic E-state index is 0.351. The largest absolute Gasteiger partial charge is 0.383 e. The third-order valence-electron chi connectivity index (χ3n) is 5.10. The van der Waals surface area contributed by atoms with E-state index in [1.165, 1.54) is 31.2 Å². The molecule has 0 aliphatic heterocycles. The molecule has 3 nitrogen and oxygen atoms in total. The molecule has 21 heavy (non-hydrogen) atoms. The van der Waals surface area contributed by atoms with Crippen LogP contribution in [0.4, 0.5) is 5.82 Å². The van der Waals surface area contributed by atoms with Gasteiger partial charge in [-0.05, 0) is 55.5 Å². The van der Waals surface area contributed by atoms with E-state index in [0.29, 0.717) is 23.2 Å². The third-order valence-corrected chi connectivity index (χ3v) is 5.10. The quantitative estimate of drug-likeness (QED) is 0.874. The molecule has 1 unspecified atom stereocenters. The molecule has 1 aliphatic rings. The number of hydrogen-bond donors (Lipinski definition) is 2. The Balaban J connectivity index is 2.09. The average Bonchev–Trinajstić information content (AvgIpc) is 2.45. The van der Waals surface area contributed by atoms with Gasteiger partial charge in [0.05, 0.1) is 0 Å². The van der Waals surface area contributed by atoms with Crippen LogP contribution in [0.25, 0.3) is 0 Å². The molecule has 1 fully saturated rings. The maximum atomic E-state index is 6.10. The fourth-order valence-electron chi connectivity index (χ4n) is 3.76. The van der Waals surface area contributed by atoms with Crippen LogP contribution >= 0.6 is 0 Å². The highest BCUT2D eigenvalue weighted by Crippen LogP contribution is 2.43. The van der Waals surface area contributed by atoms with Gasteiger partial charge in [0, 0.05) is 17.8 Å². The molecule has 0 aromatic carbocycles. The molecule has 3 heteroatoms. The van der Waals surface area contributed by atoms with Crippen molar-refractivity contribution in [2.45, 2.75) is 59.4 Å². The summed E-state index contributed by atoms with van der Waals surface area (Å²) in [5.74, 6) is 2.21. The Bertz CT molecular complexity index is 442. The number of nitrogens with one attached hydrogen (secondary N) is 1. The van der Waals surface area contributed by atoms with Gasteiger partial charge in [-0.1, -0.05) is 33.8 Å². The fraction of sp³-hybridized carbons (Fsp3) is 0.722. The lowest BCUT2D eigenvalue weighted by atomic mass is 9.68. The Hall–Kier alpha value is -1.09. The maximum absolute atomic E-state index is 6.10. The number of anilines is 1. The molecule has 3 N–H and O–H groups in total. The summed E-state index contributed by atoms with van der Waals surface area (Å²) < 4.78 is 0. The molecule has 0 radical (unpaired) electrons. The Labute approximate surface area is 129 Å². The average molecular weight is 289 g/mol. The van der Waals surface area contributed by atoms with Crippen molar-refractivity contribution in [3.63, 3.8) is 0 Å².